The zero-order valence-electron chi connectivity index (χ0n) is 15.4. The van der Waals surface area contributed by atoms with E-state index in [1.807, 2.05) is 4.90 Å². The van der Waals surface area contributed by atoms with Gasteiger partial charge in [0.05, 0.1) is 30.8 Å². The molecule has 2 unspecified atom stereocenters. The Hall–Kier alpha value is -2.39. The summed E-state index contributed by atoms with van der Waals surface area (Å²) in [4.78, 5) is 28.9. The second-order valence-electron chi connectivity index (χ2n) is 7.43. The van der Waals surface area contributed by atoms with E-state index in [1.54, 1.807) is 29.2 Å². The van der Waals surface area contributed by atoms with Gasteiger partial charge in [0.15, 0.2) is 0 Å². The molecule has 0 N–H and O–H groups in total. The smallest absolute Gasteiger partial charge is 0.228 e. The first kappa shape index (κ1) is 18.4. The summed E-state index contributed by atoms with van der Waals surface area (Å²) in [5.74, 6) is 0.464. The Balaban J connectivity index is 1.69. The van der Waals surface area contributed by atoms with Crippen molar-refractivity contribution in [1.82, 2.24) is 4.90 Å². The molecule has 2 aliphatic rings. The third kappa shape index (κ3) is 3.88. The molecule has 0 saturated carbocycles. The van der Waals surface area contributed by atoms with E-state index in [0.29, 0.717) is 50.2 Å². The van der Waals surface area contributed by atoms with Gasteiger partial charge in [-0.2, -0.15) is 5.26 Å². The molecular formula is C20H25N3O3. The molecule has 1 aromatic carbocycles. The second-order valence-corrected chi connectivity index (χ2v) is 7.43. The number of hydrogen-bond donors (Lipinski definition) is 0. The van der Waals surface area contributed by atoms with Gasteiger partial charge in [-0.15, -0.1) is 0 Å². The highest BCUT2D eigenvalue weighted by molar-refractivity contribution is 6.00. The number of nitrogens with zero attached hydrogens (tertiary/aromatic N) is 3. The number of carbonyl (C=O) groups excluding carboxylic acids is 2. The van der Waals surface area contributed by atoms with Crippen molar-refractivity contribution in [3.05, 3.63) is 29.8 Å². The third-order valence-electron chi connectivity index (χ3n) is 5.33. The fraction of sp³-hybridized carbons (Fsp3) is 0.550. The van der Waals surface area contributed by atoms with Crippen molar-refractivity contribution in [3.8, 4) is 6.07 Å². The quantitative estimate of drug-likeness (QED) is 0.832. The van der Waals surface area contributed by atoms with Crippen LogP contribution in [0.1, 0.15) is 25.8 Å². The summed E-state index contributed by atoms with van der Waals surface area (Å²) in [6.45, 7) is 7.20. The molecule has 0 aliphatic carbocycles. The number of amides is 2. The first-order chi connectivity index (χ1) is 12.5. The molecule has 2 saturated heterocycles. The predicted molar refractivity (Wildman–Crippen MR) is 97.3 cm³/mol. The minimum absolute atomic E-state index is 0.0421. The number of anilines is 1. The van der Waals surface area contributed by atoms with Crippen molar-refractivity contribution >= 4 is 17.5 Å². The monoisotopic (exact) mass is 355 g/mol. The highest BCUT2D eigenvalue weighted by Crippen LogP contribution is 2.27. The van der Waals surface area contributed by atoms with Gasteiger partial charge < -0.3 is 14.5 Å². The van der Waals surface area contributed by atoms with E-state index in [1.165, 1.54) is 0 Å². The molecule has 0 radical (unpaired) electrons. The summed E-state index contributed by atoms with van der Waals surface area (Å²) in [6, 6.07) is 8.98. The molecule has 26 heavy (non-hydrogen) atoms. The molecule has 138 valence electrons. The molecule has 0 spiro atoms. The fourth-order valence-corrected chi connectivity index (χ4v) is 3.54. The highest BCUT2D eigenvalue weighted by Gasteiger charge is 2.38. The maximum Gasteiger partial charge on any atom is 0.228 e. The first-order valence-corrected chi connectivity index (χ1v) is 9.16. The van der Waals surface area contributed by atoms with E-state index in [-0.39, 0.29) is 24.2 Å². The van der Waals surface area contributed by atoms with E-state index < -0.39 is 0 Å². The molecule has 0 bridgehead atoms. The Kier molecular flexibility index (Phi) is 5.58. The van der Waals surface area contributed by atoms with E-state index in [0.717, 1.165) is 5.69 Å². The Labute approximate surface area is 154 Å². The van der Waals surface area contributed by atoms with Crippen molar-refractivity contribution in [2.24, 2.45) is 17.8 Å². The average molecular weight is 355 g/mol. The van der Waals surface area contributed by atoms with Crippen molar-refractivity contribution in [1.29, 1.82) is 5.26 Å². The molecular weight excluding hydrogens is 330 g/mol. The largest absolute Gasteiger partial charge is 0.379 e. The lowest BCUT2D eigenvalue weighted by Crippen LogP contribution is -2.41. The van der Waals surface area contributed by atoms with Crippen molar-refractivity contribution < 1.29 is 14.3 Å². The van der Waals surface area contributed by atoms with Crippen LogP contribution in [0.5, 0.6) is 0 Å². The summed E-state index contributed by atoms with van der Waals surface area (Å²) < 4.78 is 5.65. The lowest BCUT2D eigenvalue weighted by atomic mass is 9.95. The fourth-order valence-electron chi connectivity index (χ4n) is 3.54. The van der Waals surface area contributed by atoms with E-state index in [9.17, 15) is 9.59 Å². The normalized spacial score (nSPS) is 23.8. The molecule has 1 aromatic rings. The molecule has 2 amide bonds. The van der Waals surface area contributed by atoms with Crippen molar-refractivity contribution in [2.45, 2.75) is 20.3 Å². The summed E-state index contributed by atoms with van der Waals surface area (Å²) in [5.41, 5.74) is 1.29. The topological polar surface area (TPSA) is 73.6 Å². The van der Waals surface area contributed by atoms with Gasteiger partial charge in [0.25, 0.3) is 0 Å². The van der Waals surface area contributed by atoms with E-state index in [2.05, 4.69) is 19.9 Å². The summed E-state index contributed by atoms with van der Waals surface area (Å²) in [5, 5.41) is 8.90. The van der Waals surface area contributed by atoms with Crippen LogP contribution in [-0.4, -0.2) is 49.6 Å². The first-order valence-electron chi connectivity index (χ1n) is 9.16. The minimum Gasteiger partial charge on any atom is -0.379 e. The van der Waals surface area contributed by atoms with Gasteiger partial charge in [-0.25, -0.2) is 0 Å². The number of benzene rings is 1. The maximum atomic E-state index is 13.0. The SMILES string of the molecule is CC(C)C1COCCN(C(=O)C2CC(=O)N(c3ccc(C#N)cc3)C2)C1. The molecule has 6 heteroatoms. The van der Waals surface area contributed by atoms with Gasteiger partial charge in [0.2, 0.25) is 11.8 Å². The highest BCUT2D eigenvalue weighted by atomic mass is 16.5. The molecule has 3 rings (SSSR count). The van der Waals surface area contributed by atoms with Gasteiger partial charge in [-0.3, -0.25) is 9.59 Å². The van der Waals surface area contributed by atoms with Crippen molar-refractivity contribution in [3.63, 3.8) is 0 Å². The van der Waals surface area contributed by atoms with Crippen LogP contribution in [0, 0.1) is 29.1 Å². The lowest BCUT2D eigenvalue weighted by molar-refractivity contribution is -0.136. The van der Waals surface area contributed by atoms with Gasteiger partial charge in [-0.05, 0) is 30.2 Å². The summed E-state index contributed by atoms with van der Waals surface area (Å²) in [6.07, 6.45) is 0.239. The van der Waals surface area contributed by atoms with Crippen LogP contribution in [0.15, 0.2) is 24.3 Å². The van der Waals surface area contributed by atoms with Crippen LogP contribution in [0.4, 0.5) is 5.69 Å². The molecule has 6 nitrogen and oxygen atoms in total. The van der Waals surface area contributed by atoms with Gasteiger partial charge >= 0.3 is 0 Å². The van der Waals surface area contributed by atoms with Gasteiger partial charge in [0.1, 0.15) is 0 Å². The van der Waals surface area contributed by atoms with E-state index >= 15 is 0 Å². The number of carbonyl (C=O) groups is 2. The Morgan fingerprint density at radius 2 is 2.00 bits per heavy atom. The molecule has 0 aromatic heterocycles. The molecule has 2 atom stereocenters. The van der Waals surface area contributed by atoms with E-state index in [4.69, 9.17) is 10.00 Å². The second kappa shape index (κ2) is 7.88. The third-order valence-corrected chi connectivity index (χ3v) is 5.33. The van der Waals surface area contributed by atoms with Crippen LogP contribution in [0.3, 0.4) is 0 Å². The Bertz CT molecular complexity index is 708. The van der Waals surface area contributed by atoms with Crippen LogP contribution >= 0.6 is 0 Å². The average Bonchev–Trinajstić information content (AvgIpc) is 2.87. The van der Waals surface area contributed by atoms with Crippen LogP contribution in [-0.2, 0) is 14.3 Å². The van der Waals surface area contributed by atoms with Crippen LogP contribution in [0.2, 0.25) is 0 Å². The van der Waals surface area contributed by atoms with Crippen LogP contribution < -0.4 is 4.90 Å². The Morgan fingerprint density at radius 1 is 1.27 bits per heavy atom. The van der Waals surface area contributed by atoms with Gasteiger partial charge in [0, 0.05) is 37.7 Å². The van der Waals surface area contributed by atoms with Crippen LogP contribution in [0.25, 0.3) is 0 Å². The van der Waals surface area contributed by atoms with Crippen molar-refractivity contribution in [2.75, 3.05) is 37.7 Å². The number of hydrogen-bond acceptors (Lipinski definition) is 4. The molecule has 2 heterocycles. The zero-order chi connectivity index (χ0) is 18.7. The molecule has 2 aliphatic heterocycles. The molecule has 2 fully saturated rings. The number of rotatable bonds is 3. The van der Waals surface area contributed by atoms with Gasteiger partial charge in [-0.1, -0.05) is 13.8 Å². The zero-order valence-corrected chi connectivity index (χ0v) is 15.4. The Morgan fingerprint density at radius 3 is 2.65 bits per heavy atom. The maximum absolute atomic E-state index is 13.0. The predicted octanol–water partition coefficient (Wildman–Crippen LogP) is 2.04. The minimum atomic E-state index is -0.316. The lowest BCUT2D eigenvalue weighted by Gasteiger charge is -2.27. The number of ether oxygens (including phenoxy) is 1. The summed E-state index contributed by atoms with van der Waals surface area (Å²) >= 11 is 0. The number of nitriles is 1. The standard InChI is InChI=1S/C20H25N3O3/c1-14(2)17-11-22(7-8-26-13-17)20(25)16-9-19(24)23(12-16)18-5-3-15(10-21)4-6-18/h3-6,14,16-17H,7-9,11-13H2,1-2H3. The summed E-state index contributed by atoms with van der Waals surface area (Å²) in [7, 11) is 0.